The van der Waals surface area contributed by atoms with Crippen molar-refractivity contribution in [3.63, 3.8) is 0 Å². The summed E-state index contributed by atoms with van der Waals surface area (Å²) in [5.41, 5.74) is 1.39. The minimum atomic E-state index is -4.20. The van der Waals surface area contributed by atoms with Gasteiger partial charge in [-0.2, -0.15) is 0 Å². The molecule has 0 aliphatic rings. The fraction of sp³-hybridized carbons (Fsp3) is 0.179. The lowest BCUT2D eigenvalue weighted by atomic mass is 9.97. The second kappa shape index (κ2) is 10.8. The number of carboxylic acids is 2. The standard InChI is InChI=1S/C28H26N2O6S/c1-2-3-14-24-29-26(37(35,36)21-12-8-5-9-13-21)25(28(33)34)30(24)18-19-15-16-22(23(17-19)27(31)32)20-10-6-4-7-11-20/h4-13,15-17H,2-3,14,18H2,1H3,(H,31,32)(H,33,34). The van der Waals surface area contributed by atoms with Crippen LogP contribution in [0.3, 0.4) is 0 Å². The van der Waals surface area contributed by atoms with Gasteiger partial charge in [0.25, 0.3) is 0 Å². The molecule has 1 aromatic heterocycles. The summed E-state index contributed by atoms with van der Waals surface area (Å²) in [6.45, 7) is 1.92. The third-order valence-electron chi connectivity index (χ3n) is 6.02. The van der Waals surface area contributed by atoms with Crippen LogP contribution < -0.4 is 0 Å². The molecule has 9 heteroatoms. The van der Waals surface area contributed by atoms with Crippen LogP contribution in [0.2, 0.25) is 0 Å². The zero-order valence-corrected chi connectivity index (χ0v) is 21.0. The van der Waals surface area contributed by atoms with E-state index in [1.54, 1.807) is 30.3 Å². The van der Waals surface area contributed by atoms with Crippen LogP contribution >= 0.6 is 0 Å². The highest BCUT2D eigenvalue weighted by atomic mass is 32.2. The SMILES string of the molecule is CCCCc1nc(S(=O)(=O)c2ccccc2)c(C(=O)O)n1Cc1ccc(-c2ccccc2)c(C(=O)O)c1. The Morgan fingerprint density at radius 1 is 0.892 bits per heavy atom. The lowest BCUT2D eigenvalue weighted by Gasteiger charge is -2.13. The maximum Gasteiger partial charge on any atom is 0.355 e. The van der Waals surface area contributed by atoms with E-state index >= 15 is 0 Å². The molecule has 37 heavy (non-hydrogen) atoms. The Morgan fingerprint density at radius 2 is 1.54 bits per heavy atom. The molecule has 4 aromatic rings. The normalized spacial score (nSPS) is 11.4. The molecule has 190 valence electrons. The number of imidazole rings is 1. The zero-order valence-electron chi connectivity index (χ0n) is 20.2. The van der Waals surface area contributed by atoms with Gasteiger partial charge in [-0.25, -0.2) is 23.0 Å². The molecule has 0 amide bonds. The molecule has 0 fully saturated rings. The van der Waals surface area contributed by atoms with Crippen molar-refractivity contribution in [3.05, 3.63) is 102 Å². The molecule has 3 aromatic carbocycles. The highest BCUT2D eigenvalue weighted by Crippen LogP contribution is 2.29. The van der Waals surface area contributed by atoms with E-state index in [4.69, 9.17) is 0 Å². The van der Waals surface area contributed by atoms with E-state index < -0.39 is 32.5 Å². The smallest absolute Gasteiger partial charge is 0.355 e. The molecule has 0 spiro atoms. The Kier molecular flexibility index (Phi) is 7.54. The molecule has 0 atom stereocenters. The summed E-state index contributed by atoms with van der Waals surface area (Å²) in [4.78, 5) is 28.7. The molecule has 0 saturated carbocycles. The van der Waals surface area contributed by atoms with Crippen molar-refractivity contribution in [2.24, 2.45) is 0 Å². The van der Waals surface area contributed by atoms with Crippen molar-refractivity contribution in [1.29, 1.82) is 0 Å². The van der Waals surface area contributed by atoms with Crippen molar-refractivity contribution in [2.45, 2.75) is 42.7 Å². The molecule has 0 aliphatic carbocycles. The second-order valence-corrected chi connectivity index (χ2v) is 10.4. The van der Waals surface area contributed by atoms with Crippen LogP contribution in [-0.2, 0) is 22.8 Å². The molecular weight excluding hydrogens is 492 g/mol. The fourth-order valence-corrected chi connectivity index (χ4v) is 5.61. The van der Waals surface area contributed by atoms with Crippen LogP contribution in [0, 0.1) is 0 Å². The Morgan fingerprint density at radius 3 is 2.14 bits per heavy atom. The molecule has 1 heterocycles. The molecule has 8 nitrogen and oxygen atoms in total. The number of unbranched alkanes of at least 4 members (excludes halogenated alkanes) is 1. The number of aryl methyl sites for hydroxylation is 1. The van der Waals surface area contributed by atoms with Gasteiger partial charge in [-0.15, -0.1) is 0 Å². The van der Waals surface area contributed by atoms with E-state index in [9.17, 15) is 28.2 Å². The van der Waals surface area contributed by atoms with Crippen LogP contribution in [0.5, 0.6) is 0 Å². The van der Waals surface area contributed by atoms with Crippen molar-refractivity contribution < 1.29 is 28.2 Å². The molecule has 0 unspecified atom stereocenters. The summed E-state index contributed by atoms with van der Waals surface area (Å²) in [6.07, 6.45) is 1.84. The maximum atomic E-state index is 13.4. The predicted molar refractivity (Wildman–Crippen MR) is 138 cm³/mol. The van der Waals surface area contributed by atoms with E-state index in [0.717, 1.165) is 12.0 Å². The van der Waals surface area contributed by atoms with Crippen LogP contribution in [0.25, 0.3) is 11.1 Å². The number of benzene rings is 3. The van der Waals surface area contributed by atoms with Crippen molar-refractivity contribution in [3.8, 4) is 11.1 Å². The van der Waals surface area contributed by atoms with Crippen LogP contribution in [0.15, 0.2) is 88.8 Å². The summed E-state index contributed by atoms with van der Waals surface area (Å²) < 4.78 is 28.1. The Labute approximate surface area is 214 Å². The first-order valence-corrected chi connectivity index (χ1v) is 13.3. The first-order chi connectivity index (χ1) is 17.7. The van der Waals surface area contributed by atoms with Crippen molar-refractivity contribution in [2.75, 3.05) is 0 Å². The van der Waals surface area contributed by atoms with Gasteiger partial charge in [0.1, 0.15) is 5.82 Å². The van der Waals surface area contributed by atoms with E-state index in [1.807, 2.05) is 37.3 Å². The van der Waals surface area contributed by atoms with Gasteiger partial charge in [-0.05, 0) is 41.3 Å². The summed E-state index contributed by atoms with van der Waals surface area (Å²) in [5.74, 6) is -2.23. The molecular formula is C28H26N2O6S. The molecule has 0 aliphatic heterocycles. The van der Waals surface area contributed by atoms with Crippen LogP contribution in [-0.4, -0.2) is 40.1 Å². The van der Waals surface area contributed by atoms with Gasteiger partial charge in [0.15, 0.2) is 10.7 Å². The minimum Gasteiger partial charge on any atom is -0.478 e. The monoisotopic (exact) mass is 518 g/mol. The predicted octanol–water partition coefficient (Wildman–Crippen LogP) is 5.17. The molecule has 0 saturated heterocycles. The number of hydrogen-bond donors (Lipinski definition) is 2. The third kappa shape index (κ3) is 5.31. The first kappa shape index (κ1) is 25.8. The number of rotatable bonds is 10. The van der Waals surface area contributed by atoms with Crippen LogP contribution in [0.1, 0.15) is 52.0 Å². The van der Waals surface area contributed by atoms with Gasteiger partial charge in [-0.1, -0.05) is 74.0 Å². The van der Waals surface area contributed by atoms with Crippen molar-refractivity contribution in [1.82, 2.24) is 9.55 Å². The average molecular weight is 519 g/mol. The van der Waals surface area contributed by atoms with Crippen molar-refractivity contribution >= 4 is 21.8 Å². The number of carbonyl (C=O) groups is 2. The summed E-state index contributed by atoms with van der Waals surface area (Å²) in [5, 5.41) is 19.4. The third-order valence-corrected chi connectivity index (χ3v) is 7.71. The molecule has 2 N–H and O–H groups in total. The van der Waals surface area contributed by atoms with Gasteiger partial charge in [0.2, 0.25) is 9.84 Å². The number of hydrogen-bond acceptors (Lipinski definition) is 5. The number of sulfone groups is 1. The van der Waals surface area contributed by atoms with Gasteiger partial charge in [-0.3, -0.25) is 0 Å². The first-order valence-electron chi connectivity index (χ1n) is 11.8. The van der Waals surface area contributed by atoms with E-state index in [-0.39, 0.29) is 17.0 Å². The number of aromatic nitrogens is 2. The molecule has 0 radical (unpaired) electrons. The Hall–Kier alpha value is -4.24. The molecule has 4 rings (SSSR count). The highest BCUT2D eigenvalue weighted by molar-refractivity contribution is 7.91. The average Bonchev–Trinajstić information content (AvgIpc) is 3.27. The minimum absolute atomic E-state index is 0.0483. The Balaban J connectivity index is 1.85. The lowest BCUT2D eigenvalue weighted by molar-refractivity contribution is 0.0674. The van der Waals surface area contributed by atoms with Gasteiger partial charge in [0, 0.05) is 13.0 Å². The fourth-order valence-electron chi connectivity index (χ4n) is 4.20. The van der Waals surface area contributed by atoms with Gasteiger partial charge in [0.05, 0.1) is 10.5 Å². The summed E-state index contributed by atoms with van der Waals surface area (Å²) in [7, 11) is -4.20. The number of carboxylic acid groups (broad SMARTS) is 2. The lowest BCUT2D eigenvalue weighted by Crippen LogP contribution is -2.16. The largest absolute Gasteiger partial charge is 0.478 e. The summed E-state index contributed by atoms with van der Waals surface area (Å²) >= 11 is 0. The Bertz CT molecular complexity index is 1540. The zero-order chi connectivity index (χ0) is 26.6. The van der Waals surface area contributed by atoms with Gasteiger partial charge >= 0.3 is 11.9 Å². The maximum absolute atomic E-state index is 13.4. The number of aromatic carboxylic acids is 2. The second-order valence-electron chi connectivity index (χ2n) is 8.54. The highest BCUT2D eigenvalue weighted by Gasteiger charge is 2.32. The number of nitrogens with zero attached hydrogens (tertiary/aromatic N) is 2. The van der Waals surface area contributed by atoms with Crippen LogP contribution in [0.4, 0.5) is 0 Å². The van der Waals surface area contributed by atoms with E-state index in [2.05, 4.69) is 4.98 Å². The quantitative estimate of drug-likeness (QED) is 0.296. The van der Waals surface area contributed by atoms with Gasteiger partial charge < -0.3 is 14.8 Å². The van der Waals surface area contributed by atoms with E-state index in [1.165, 1.54) is 22.8 Å². The molecule has 0 bridgehead atoms. The van der Waals surface area contributed by atoms with E-state index in [0.29, 0.717) is 29.8 Å². The topological polar surface area (TPSA) is 127 Å². The summed E-state index contributed by atoms with van der Waals surface area (Å²) in [6, 6.07) is 21.5.